The number of anilines is 1. The van der Waals surface area contributed by atoms with Gasteiger partial charge in [0.05, 0.1) is 36.3 Å². The molecule has 2 heterocycles. The van der Waals surface area contributed by atoms with E-state index in [1.54, 1.807) is 6.92 Å². The minimum absolute atomic E-state index is 0.132. The Bertz CT molecular complexity index is 523. The molecule has 116 valence electrons. The zero-order valence-corrected chi connectivity index (χ0v) is 12.3. The standard InChI is InChI=1S/C13H20N4O4/c1-4-17(10-6-21-5-9(10)12(18)19)13(20)14-11-7(2)15-16-8(11)3/h9-10H,4-6H2,1-3H3,(H,14,20)(H,15,16)(H,18,19). The Balaban J connectivity index is 2.14. The normalized spacial score (nSPS) is 21.3. The number of ether oxygens (including phenoxy) is 1. The molecule has 3 N–H and O–H groups in total. The average Bonchev–Trinajstić information content (AvgIpc) is 3.02. The molecule has 1 aliphatic heterocycles. The van der Waals surface area contributed by atoms with Gasteiger partial charge in [-0.15, -0.1) is 0 Å². The fraction of sp³-hybridized carbons (Fsp3) is 0.615. The van der Waals surface area contributed by atoms with Crippen LogP contribution in [0.4, 0.5) is 10.5 Å². The van der Waals surface area contributed by atoms with Crippen LogP contribution < -0.4 is 5.32 Å². The van der Waals surface area contributed by atoms with Crippen molar-refractivity contribution in [2.45, 2.75) is 26.8 Å². The van der Waals surface area contributed by atoms with Crippen LogP contribution in [0.2, 0.25) is 0 Å². The predicted octanol–water partition coefficient (Wildman–Crippen LogP) is 0.980. The van der Waals surface area contributed by atoms with E-state index in [2.05, 4.69) is 15.5 Å². The van der Waals surface area contributed by atoms with Crippen LogP contribution in [0.15, 0.2) is 0 Å². The van der Waals surface area contributed by atoms with E-state index in [0.717, 1.165) is 5.69 Å². The highest BCUT2D eigenvalue weighted by Gasteiger charge is 2.39. The van der Waals surface area contributed by atoms with Crippen LogP contribution in [-0.4, -0.2) is 58.0 Å². The quantitative estimate of drug-likeness (QED) is 0.767. The number of rotatable bonds is 4. The van der Waals surface area contributed by atoms with Crippen LogP contribution in [0, 0.1) is 19.8 Å². The number of aromatic amines is 1. The Labute approximate surface area is 122 Å². The first-order valence-corrected chi connectivity index (χ1v) is 6.85. The molecule has 8 nitrogen and oxygen atoms in total. The highest BCUT2D eigenvalue weighted by molar-refractivity contribution is 5.91. The number of likely N-dealkylation sites (N-methyl/N-ethyl adjacent to an activating group) is 1. The third kappa shape index (κ3) is 2.99. The number of carboxylic acid groups (broad SMARTS) is 1. The SMILES string of the molecule is CCN(C(=O)Nc1c(C)n[nH]c1C)C1COCC1C(=O)O. The number of hydrogen-bond donors (Lipinski definition) is 3. The Morgan fingerprint density at radius 3 is 2.71 bits per heavy atom. The van der Waals surface area contributed by atoms with Crippen LogP contribution in [0.1, 0.15) is 18.3 Å². The van der Waals surface area contributed by atoms with Gasteiger partial charge in [-0.05, 0) is 20.8 Å². The largest absolute Gasteiger partial charge is 0.481 e. The lowest BCUT2D eigenvalue weighted by atomic mass is 10.0. The van der Waals surface area contributed by atoms with Gasteiger partial charge < -0.3 is 20.1 Å². The lowest BCUT2D eigenvalue weighted by Gasteiger charge is -2.29. The maximum absolute atomic E-state index is 12.4. The number of carboxylic acids is 1. The van der Waals surface area contributed by atoms with Crippen LogP contribution >= 0.6 is 0 Å². The number of H-pyrrole nitrogens is 1. The number of aliphatic carboxylic acids is 1. The second-order valence-electron chi connectivity index (χ2n) is 5.07. The minimum atomic E-state index is -0.945. The Morgan fingerprint density at radius 1 is 1.48 bits per heavy atom. The summed E-state index contributed by atoms with van der Waals surface area (Å²) in [6.07, 6.45) is 0. The van der Waals surface area contributed by atoms with E-state index in [0.29, 0.717) is 17.9 Å². The van der Waals surface area contributed by atoms with Crippen molar-refractivity contribution in [3.63, 3.8) is 0 Å². The molecule has 1 fully saturated rings. The maximum Gasteiger partial charge on any atom is 0.322 e. The number of hydrogen-bond acceptors (Lipinski definition) is 4. The summed E-state index contributed by atoms with van der Waals surface area (Å²) in [6, 6.07) is -0.799. The molecule has 2 atom stereocenters. The van der Waals surface area contributed by atoms with Crippen LogP contribution in [0.25, 0.3) is 0 Å². The van der Waals surface area contributed by atoms with Gasteiger partial charge in [0.25, 0.3) is 0 Å². The fourth-order valence-corrected chi connectivity index (χ4v) is 2.53. The lowest BCUT2D eigenvalue weighted by molar-refractivity contribution is -0.142. The van der Waals surface area contributed by atoms with Gasteiger partial charge in [0.1, 0.15) is 5.92 Å². The number of nitrogens with one attached hydrogen (secondary N) is 2. The summed E-state index contributed by atoms with van der Waals surface area (Å²) in [5.41, 5.74) is 2.08. The summed E-state index contributed by atoms with van der Waals surface area (Å²) in [5.74, 6) is -1.64. The fourth-order valence-electron chi connectivity index (χ4n) is 2.53. The second-order valence-corrected chi connectivity index (χ2v) is 5.07. The highest BCUT2D eigenvalue weighted by Crippen LogP contribution is 2.22. The molecule has 8 heteroatoms. The molecule has 1 aliphatic rings. The van der Waals surface area contributed by atoms with Crippen molar-refractivity contribution < 1.29 is 19.4 Å². The Kier molecular flexibility index (Phi) is 4.46. The van der Waals surface area contributed by atoms with Gasteiger partial charge in [-0.3, -0.25) is 9.89 Å². The van der Waals surface area contributed by atoms with Crippen molar-refractivity contribution in [3.8, 4) is 0 Å². The topological polar surface area (TPSA) is 108 Å². The monoisotopic (exact) mass is 296 g/mol. The van der Waals surface area contributed by atoms with E-state index >= 15 is 0 Å². The molecule has 2 rings (SSSR count). The third-order valence-corrected chi connectivity index (χ3v) is 3.73. The molecule has 0 saturated carbocycles. The first-order valence-electron chi connectivity index (χ1n) is 6.85. The Morgan fingerprint density at radius 2 is 2.19 bits per heavy atom. The third-order valence-electron chi connectivity index (χ3n) is 3.73. The van der Waals surface area contributed by atoms with Gasteiger partial charge in [0, 0.05) is 6.54 Å². The first kappa shape index (κ1) is 15.3. The zero-order chi connectivity index (χ0) is 15.6. The van der Waals surface area contributed by atoms with Crippen molar-refractivity contribution in [1.82, 2.24) is 15.1 Å². The molecule has 1 aromatic heterocycles. The molecular weight excluding hydrogens is 276 g/mol. The smallest absolute Gasteiger partial charge is 0.322 e. The molecule has 21 heavy (non-hydrogen) atoms. The molecule has 2 unspecified atom stereocenters. The molecule has 0 bridgehead atoms. The van der Waals surface area contributed by atoms with E-state index in [1.165, 1.54) is 4.90 Å². The Hall–Kier alpha value is -2.09. The van der Waals surface area contributed by atoms with E-state index in [1.807, 2.05) is 13.8 Å². The molecule has 0 aromatic carbocycles. The number of carbonyl (C=O) groups is 2. The van der Waals surface area contributed by atoms with Gasteiger partial charge in [-0.25, -0.2) is 4.79 Å². The number of aromatic nitrogens is 2. The summed E-state index contributed by atoms with van der Waals surface area (Å²) in [7, 11) is 0. The van der Waals surface area contributed by atoms with E-state index in [4.69, 9.17) is 4.74 Å². The van der Waals surface area contributed by atoms with Crippen molar-refractivity contribution in [1.29, 1.82) is 0 Å². The lowest BCUT2D eigenvalue weighted by Crippen LogP contribution is -2.48. The molecule has 1 aromatic rings. The maximum atomic E-state index is 12.4. The van der Waals surface area contributed by atoms with E-state index < -0.39 is 17.9 Å². The van der Waals surface area contributed by atoms with Gasteiger partial charge >= 0.3 is 12.0 Å². The van der Waals surface area contributed by atoms with E-state index in [-0.39, 0.29) is 19.2 Å². The summed E-state index contributed by atoms with van der Waals surface area (Å²) < 4.78 is 5.23. The second kappa shape index (κ2) is 6.13. The zero-order valence-electron chi connectivity index (χ0n) is 12.3. The summed E-state index contributed by atoms with van der Waals surface area (Å²) in [6.45, 7) is 6.18. The number of carbonyl (C=O) groups excluding carboxylic acids is 1. The molecule has 0 aliphatic carbocycles. The van der Waals surface area contributed by atoms with Crippen molar-refractivity contribution in [2.75, 3.05) is 25.1 Å². The number of aryl methyl sites for hydroxylation is 2. The van der Waals surface area contributed by atoms with Gasteiger partial charge in [0.15, 0.2) is 0 Å². The molecule has 1 saturated heterocycles. The van der Waals surface area contributed by atoms with Crippen LogP contribution in [0.3, 0.4) is 0 Å². The van der Waals surface area contributed by atoms with Crippen molar-refractivity contribution in [3.05, 3.63) is 11.4 Å². The molecule has 0 radical (unpaired) electrons. The average molecular weight is 296 g/mol. The molecule has 2 amide bonds. The predicted molar refractivity (Wildman–Crippen MR) is 75.2 cm³/mol. The number of nitrogens with zero attached hydrogens (tertiary/aromatic N) is 2. The molecule has 0 spiro atoms. The van der Waals surface area contributed by atoms with Gasteiger partial charge in [0.2, 0.25) is 0 Å². The summed E-state index contributed by atoms with van der Waals surface area (Å²) in [5, 5.41) is 18.8. The first-order chi connectivity index (χ1) is 9.95. The number of urea groups is 1. The summed E-state index contributed by atoms with van der Waals surface area (Å²) >= 11 is 0. The van der Waals surface area contributed by atoms with Gasteiger partial charge in [-0.1, -0.05) is 0 Å². The van der Waals surface area contributed by atoms with Crippen molar-refractivity contribution >= 4 is 17.7 Å². The van der Waals surface area contributed by atoms with Crippen LogP contribution in [0.5, 0.6) is 0 Å². The summed E-state index contributed by atoms with van der Waals surface area (Å²) in [4.78, 5) is 25.2. The molecular formula is C13H20N4O4. The van der Waals surface area contributed by atoms with Gasteiger partial charge in [-0.2, -0.15) is 5.10 Å². The highest BCUT2D eigenvalue weighted by atomic mass is 16.5. The van der Waals surface area contributed by atoms with Crippen molar-refractivity contribution in [2.24, 2.45) is 5.92 Å². The minimum Gasteiger partial charge on any atom is -0.481 e. The van der Waals surface area contributed by atoms with E-state index in [9.17, 15) is 14.7 Å². The number of amides is 2. The van der Waals surface area contributed by atoms with Crippen LogP contribution in [-0.2, 0) is 9.53 Å².